The third-order valence-electron chi connectivity index (χ3n) is 4.44. The Bertz CT molecular complexity index is 704. The van der Waals surface area contributed by atoms with Crippen molar-refractivity contribution in [1.82, 2.24) is 4.90 Å². The van der Waals surface area contributed by atoms with Crippen molar-refractivity contribution in [1.29, 1.82) is 5.26 Å². The van der Waals surface area contributed by atoms with Crippen LogP contribution in [0, 0.1) is 28.4 Å². The number of carbonyl (C=O) groups excluding carboxylic acids is 1. The van der Waals surface area contributed by atoms with E-state index in [1.807, 2.05) is 0 Å². The summed E-state index contributed by atoms with van der Waals surface area (Å²) in [4.78, 5) is 14.3. The zero-order valence-electron chi connectivity index (χ0n) is 15.3. The van der Waals surface area contributed by atoms with E-state index in [1.54, 1.807) is 34.6 Å². The van der Waals surface area contributed by atoms with Crippen molar-refractivity contribution in [3.63, 3.8) is 0 Å². The second-order valence-electron chi connectivity index (χ2n) is 8.00. The molecule has 136 valence electrons. The van der Waals surface area contributed by atoms with Crippen LogP contribution in [-0.2, 0) is 4.74 Å². The highest BCUT2D eigenvalue weighted by Crippen LogP contribution is 2.44. The molecule has 6 heteroatoms. The molecule has 0 bridgehead atoms. The molecule has 0 saturated carbocycles. The molecule has 1 saturated heterocycles. The lowest BCUT2D eigenvalue weighted by molar-refractivity contribution is 0.00582. The fourth-order valence-electron chi connectivity index (χ4n) is 3.21. The summed E-state index contributed by atoms with van der Waals surface area (Å²) < 4.78 is 32.4. The van der Waals surface area contributed by atoms with Crippen molar-refractivity contribution in [2.45, 2.75) is 65.1 Å². The summed E-state index contributed by atoms with van der Waals surface area (Å²) in [7, 11) is 0. The van der Waals surface area contributed by atoms with Crippen molar-refractivity contribution < 1.29 is 18.3 Å². The van der Waals surface area contributed by atoms with Crippen LogP contribution in [0.4, 0.5) is 13.6 Å². The predicted octanol–water partition coefficient (Wildman–Crippen LogP) is 4.96. The minimum Gasteiger partial charge on any atom is -0.444 e. The van der Waals surface area contributed by atoms with Crippen LogP contribution in [0.25, 0.3) is 0 Å². The van der Waals surface area contributed by atoms with Crippen molar-refractivity contribution in [3.05, 3.63) is 35.4 Å². The van der Waals surface area contributed by atoms with Gasteiger partial charge in [0, 0.05) is 0 Å². The number of hydrogen-bond donors (Lipinski definition) is 0. The van der Waals surface area contributed by atoms with Gasteiger partial charge in [0.2, 0.25) is 0 Å². The Morgan fingerprint density at radius 2 is 1.84 bits per heavy atom. The number of hydrogen-bond acceptors (Lipinski definition) is 3. The summed E-state index contributed by atoms with van der Waals surface area (Å²) in [5.74, 6) is -1.89. The summed E-state index contributed by atoms with van der Waals surface area (Å²) >= 11 is 0. The molecule has 25 heavy (non-hydrogen) atoms. The van der Waals surface area contributed by atoms with Gasteiger partial charge in [-0.1, -0.05) is 6.07 Å². The molecule has 0 unspecified atom stereocenters. The fraction of sp³-hybridized carbons (Fsp3) is 0.579. The monoisotopic (exact) mass is 350 g/mol. The first-order valence-electron chi connectivity index (χ1n) is 8.34. The predicted molar refractivity (Wildman–Crippen MR) is 89.6 cm³/mol. The molecule has 2 atom stereocenters. The molecule has 1 fully saturated rings. The van der Waals surface area contributed by atoms with Crippen LogP contribution in [-0.4, -0.2) is 22.6 Å². The van der Waals surface area contributed by atoms with Crippen molar-refractivity contribution in [2.75, 3.05) is 0 Å². The molecule has 1 aromatic carbocycles. The molecule has 1 aliphatic rings. The standard InChI is InChI=1S/C19H24F2N2O2/c1-18(2,3)25-17(24)23-15(8-9-16(23)19(4,5)11-22)12-6-7-13(20)14(21)10-12/h6-7,10,15-16H,8-9H2,1-5H3/t15-,16+/m0/s1. The Kier molecular flexibility index (Phi) is 5.08. The Balaban J connectivity index is 2.43. The Morgan fingerprint density at radius 3 is 2.36 bits per heavy atom. The Labute approximate surface area is 147 Å². The van der Waals surface area contributed by atoms with Crippen molar-refractivity contribution in [3.8, 4) is 6.07 Å². The average molecular weight is 350 g/mol. The molecule has 1 aliphatic heterocycles. The van der Waals surface area contributed by atoms with E-state index in [9.17, 15) is 18.8 Å². The van der Waals surface area contributed by atoms with Gasteiger partial charge in [-0.25, -0.2) is 13.6 Å². The molecule has 0 N–H and O–H groups in total. The first-order valence-corrected chi connectivity index (χ1v) is 8.34. The topological polar surface area (TPSA) is 53.3 Å². The lowest BCUT2D eigenvalue weighted by Gasteiger charge is -2.37. The fourth-order valence-corrected chi connectivity index (χ4v) is 3.21. The van der Waals surface area contributed by atoms with E-state index in [-0.39, 0.29) is 6.04 Å². The first kappa shape index (κ1) is 19.2. The maximum Gasteiger partial charge on any atom is 0.411 e. The summed E-state index contributed by atoms with van der Waals surface area (Å²) in [6.45, 7) is 8.82. The van der Waals surface area contributed by atoms with Crippen LogP contribution in [0.3, 0.4) is 0 Å². The SMILES string of the molecule is CC(C)(C)OC(=O)N1[C@H](c2ccc(F)c(F)c2)CC[C@@H]1C(C)(C)C#N. The summed E-state index contributed by atoms with van der Waals surface area (Å²) in [6.07, 6.45) is 0.594. The van der Waals surface area contributed by atoms with Gasteiger partial charge in [-0.2, -0.15) is 5.26 Å². The van der Waals surface area contributed by atoms with Gasteiger partial charge in [-0.3, -0.25) is 4.90 Å². The van der Waals surface area contributed by atoms with E-state index in [0.717, 1.165) is 12.1 Å². The third kappa shape index (κ3) is 4.09. The van der Waals surface area contributed by atoms with E-state index in [1.165, 1.54) is 11.0 Å². The number of halogens is 2. The van der Waals surface area contributed by atoms with E-state index >= 15 is 0 Å². The largest absolute Gasteiger partial charge is 0.444 e. The number of amides is 1. The third-order valence-corrected chi connectivity index (χ3v) is 4.44. The van der Waals surface area contributed by atoms with Crippen molar-refractivity contribution >= 4 is 6.09 Å². The molecule has 0 spiro atoms. The highest BCUT2D eigenvalue weighted by atomic mass is 19.2. The van der Waals surface area contributed by atoms with Crippen LogP contribution in [0.1, 0.15) is 59.1 Å². The molecule has 0 aliphatic carbocycles. The smallest absolute Gasteiger partial charge is 0.411 e. The van der Waals surface area contributed by atoms with Crippen LogP contribution in [0.2, 0.25) is 0 Å². The van der Waals surface area contributed by atoms with Gasteiger partial charge in [0.05, 0.1) is 23.6 Å². The zero-order valence-corrected chi connectivity index (χ0v) is 15.3. The highest BCUT2D eigenvalue weighted by Gasteiger charge is 2.47. The number of benzene rings is 1. The number of rotatable bonds is 2. The maximum absolute atomic E-state index is 13.7. The molecule has 0 aromatic heterocycles. The van der Waals surface area contributed by atoms with Gasteiger partial charge < -0.3 is 4.74 Å². The molecular weight excluding hydrogens is 326 g/mol. The van der Waals surface area contributed by atoms with Crippen molar-refractivity contribution in [2.24, 2.45) is 5.41 Å². The van der Waals surface area contributed by atoms with Gasteiger partial charge in [-0.15, -0.1) is 0 Å². The molecule has 2 rings (SSSR count). The Hall–Kier alpha value is -2.16. The minimum atomic E-state index is -0.954. The van der Waals surface area contributed by atoms with E-state index in [4.69, 9.17) is 4.74 Å². The molecule has 1 heterocycles. The number of nitriles is 1. The number of nitrogens with zero attached hydrogens (tertiary/aromatic N) is 2. The van der Waals surface area contributed by atoms with Crippen LogP contribution in [0.5, 0.6) is 0 Å². The van der Waals surface area contributed by atoms with E-state index in [0.29, 0.717) is 18.4 Å². The van der Waals surface area contributed by atoms with Gasteiger partial charge in [0.15, 0.2) is 11.6 Å². The van der Waals surface area contributed by atoms with Gasteiger partial charge in [0.1, 0.15) is 5.60 Å². The molecule has 0 radical (unpaired) electrons. The van der Waals surface area contributed by atoms with Crippen LogP contribution >= 0.6 is 0 Å². The quantitative estimate of drug-likeness (QED) is 0.758. The second kappa shape index (κ2) is 6.62. The summed E-state index contributed by atoms with van der Waals surface area (Å²) in [5.41, 5.74) is -0.981. The normalized spacial score (nSPS) is 21.1. The lowest BCUT2D eigenvalue weighted by Crippen LogP contribution is -2.46. The molecule has 1 aromatic rings. The zero-order chi connectivity index (χ0) is 19.0. The van der Waals surface area contributed by atoms with Crippen LogP contribution in [0.15, 0.2) is 18.2 Å². The number of likely N-dealkylation sites (tertiary alicyclic amines) is 1. The summed E-state index contributed by atoms with van der Waals surface area (Å²) in [5, 5.41) is 9.49. The summed E-state index contributed by atoms with van der Waals surface area (Å²) in [6, 6.07) is 5.05. The number of ether oxygens (including phenoxy) is 1. The van der Waals surface area contributed by atoms with Crippen LogP contribution < -0.4 is 0 Å². The maximum atomic E-state index is 13.7. The molecule has 1 amide bonds. The highest BCUT2D eigenvalue weighted by molar-refractivity contribution is 5.70. The molecule has 4 nitrogen and oxygen atoms in total. The van der Waals surface area contributed by atoms with Gasteiger partial charge in [-0.05, 0) is 65.2 Å². The lowest BCUT2D eigenvalue weighted by atomic mass is 9.84. The first-order chi connectivity index (χ1) is 11.5. The van der Waals surface area contributed by atoms with E-state index in [2.05, 4.69) is 6.07 Å². The second-order valence-corrected chi connectivity index (χ2v) is 8.00. The van der Waals surface area contributed by atoms with Gasteiger partial charge in [0.25, 0.3) is 0 Å². The van der Waals surface area contributed by atoms with E-state index < -0.39 is 34.8 Å². The number of carbonyl (C=O) groups is 1. The average Bonchev–Trinajstić information content (AvgIpc) is 2.94. The minimum absolute atomic E-state index is 0.370. The van der Waals surface area contributed by atoms with Gasteiger partial charge >= 0.3 is 6.09 Å². The molecular formula is C19H24F2N2O2. The Morgan fingerprint density at radius 1 is 1.20 bits per heavy atom.